The van der Waals surface area contributed by atoms with Crippen LogP contribution in [-0.4, -0.2) is 74.0 Å². The van der Waals surface area contributed by atoms with E-state index >= 15 is 0 Å². The second-order valence-electron chi connectivity index (χ2n) is 7.26. The molecule has 1 fully saturated rings. The normalized spacial score (nSPS) is 19.9. The Balaban J connectivity index is 0.00000106. The lowest BCUT2D eigenvalue weighted by Crippen LogP contribution is -2.43. The predicted octanol–water partition coefficient (Wildman–Crippen LogP) is -1.18. The van der Waals surface area contributed by atoms with Crippen molar-refractivity contribution in [2.24, 2.45) is 0 Å². The van der Waals surface area contributed by atoms with Gasteiger partial charge in [0.05, 0.1) is 18.3 Å². The summed E-state index contributed by atoms with van der Waals surface area (Å²) in [7, 11) is 4.25. The molecule has 3 aromatic rings. The molecule has 13 nitrogen and oxygen atoms in total. The summed E-state index contributed by atoms with van der Waals surface area (Å²) in [6.07, 6.45) is 1.62. The third-order valence-electron chi connectivity index (χ3n) is 5.27. The van der Waals surface area contributed by atoms with Crippen molar-refractivity contribution in [2.45, 2.75) is 37.5 Å². The van der Waals surface area contributed by atoms with Gasteiger partial charge in [0.25, 0.3) is 5.56 Å². The van der Waals surface area contributed by atoms with Gasteiger partial charge < -0.3 is 34.7 Å². The minimum absolute atomic E-state index is 0.0805. The number of pyridine rings is 2. The molecule has 4 heterocycles. The van der Waals surface area contributed by atoms with Gasteiger partial charge in [-0.1, -0.05) is 0 Å². The molecular weight excluding hydrogens is 545 g/mol. The Morgan fingerprint density at radius 1 is 0.892 bits per heavy atom. The maximum atomic E-state index is 13.0. The van der Waals surface area contributed by atoms with E-state index in [4.69, 9.17) is 24.5 Å². The highest BCUT2D eigenvalue weighted by molar-refractivity contribution is 7.08. The third kappa shape index (κ3) is 8.49. The van der Waals surface area contributed by atoms with Crippen LogP contribution in [0, 0.1) is 0 Å². The minimum Gasteiger partial charge on any atom is -0.396 e. The maximum absolute atomic E-state index is 13.0. The van der Waals surface area contributed by atoms with Crippen LogP contribution in [0.5, 0.6) is 0 Å². The van der Waals surface area contributed by atoms with E-state index in [1.165, 1.54) is 40.7 Å². The van der Waals surface area contributed by atoms with Crippen LogP contribution in [0.4, 0.5) is 0 Å². The Morgan fingerprint density at radius 3 is 2.14 bits per heavy atom. The molecule has 0 bridgehead atoms. The molecule has 204 valence electrons. The van der Waals surface area contributed by atoms with Crippen LogP contribution in [0.3, 0.4) is 0 Å². The van der Waals surface area contributed by atoms with Gasteiger partial charge >= 0.3 is 5.69 Å². The van der Waals surface area contributed by atoms with Gasteiger partial charge in [0, 0.05) is 37.5 Å². The molecule has 0 aliphatic carbocycles. The second kappa shape index (κ2) is 17.5. The van der Waals surface area contributed by atoms with E-state index in [2.05, 4.69) is 9.97 Å². The zero-order chi connectivity index (χ0) is 28.0. The number of aliphatic hydroxyl groups excluding tert-OH is 3. The van der Waals surface area contributed by atoms with Gasteiger partial charge in [-0.05, 0) is 70.2 Å². The summed E-state index contributed by atoms with van der Waals surface area (Å²) in [6.45, 7) is -0.322. The van der Waals surface area contributed by atoms with Gasteiger partial charge in [0.2, 0.25) is 0 Å². The molecule has 1 saturated heterocycles. The number of nitrogens with zero attached hydrogens (tertiary/aromatic N) is 4. The molecule has 1 aliphatic heterocycles. The van der Waals surface area contributed by atoms with E-state index < -0.39 is 35.8 Å². The molecule has 0 saturated carbocycles. The summed E-state index contributed by atoms with van der Waals surface area (Å²) in [4.78, 5) is 54.4. The van der Waals surface area contributed by atoms with Gasteiger partial charge in [-0.2, -0.15) is 0 Å². The Labute approximate surface area is 219 Å². The zero-order valence-corrected chi connectivity index (χ0v) is 23.0. The lowest BCUT2D eigenvalue weighted by Gasteiger charge is -2.18. The minimum atomic E-state index is -1.38. The van der Waals surface area contributed by atoms with Crippen LogP contribution in [0.1, 0.15) is 18.3 Å². The van der Waals surface area contributed by atoms with E-state index in [9.17, 15) is 19.8 Å². The quantitative estimate of drug-likeness (QED) is 0.193. The van der Waals surface area contributed by atoms with Crippen molar-refractivity contribution < 1.29 is 34.7 Å². The molecule has 0 aromatic carbocycles. The van der Waals surface area contributed by atoms with Crippen LogP contribution < -0.4 is 11.2 Å². The number of rotatable bonds is 6. The number of hydrogen-bond acceptors (Lipinski definition) is 11. The largest absolute Gasteiger partial charge is 0.396 e. The molecule has 3 aromatic heterocycles. The SMILES string of the molecule is O=c1ccn(C2OC(CCO)C(O)C2O)c(=O)n1Cc1cc(-c2ccncc2)ccn1.OP.OP.OP. The molecule has 7 unspecified atom stereocenters. The van der Waals surface area contributed by atoms with E-state index in [0.29, 0.717) is 5.69 Å². The zero-order valence-electron chi connectivity index (χ0n) is 19.6. The fraction of sp³-hybridized carbons (Fsp3) is 0.333. The van der Waals surface area contributed by atoms with Crippen molar-refractivity contribution in [1.29, 1.82) is 0 Å². The molecule has 37 heavy (non-hydrogen) atoms. The monoisotopic (exact) mass is 576 g/mol. The van der Waals surface area contributed by atoms with Crippen molar-refractivity contribution in [1.82, 2.24) is 19.1 Å². The van der Waals surface area contributed by atoms with Gasteiger partial charge in [-0.15, -0.1) is 0 Å². The van der Waals surface area contributed by atoms with Crippen molar-refractivity contribution in [3.8, 4) is 11.1 Å². The van der Waals surface area contributed by atoms with Crippen LogP contribution in [-0.2, 0) is 11.3 Å². The fourth-order valence-electron chi connectivity index (χ4n) is 3.65. The van der Waals surface area contributed by atoms with Crippen molar-refractivity contribution >= 4 is 28.4 Å². The number of aliphatic hydroxyl groups is 3. The van der Waals surface area contributed by atoms with E-state index in [1.54, 1.807) is 24.7 Å². The summed E-state index contributed by atoms with van der Waals surface area (Å²) < 4.78 is 7.64. The summed E-state index contributed by atoms with van der Waals surface area (Å²) >= 11 is 0. The summed E-state index contributed by atoms with van der Waals surface area (Å²) in [5.41, 5.74) is 1.04. The van der Waals surface area contributed by atoms with E-state index in [1.807, 2.05) is 18.2 Å². The van der Waals surface area contributed by atoms with Crippen molar-refractivity contribution in [2.75, 3.05) is 6.61 Å². The first kappa shape index (κ1) is 33.0. The van der Waals surface area contributed by atoms with Crippen LogP contribution in [0.25, 0.3) is 11.1 Å². The van der Waals surface area contributed by atoms with Crippen LogP contribution >= 0.6 is 28.4 Å². The van der Waals surface area contributed by atoms with Crippen molar-refractivity contribution in [3.05, 3.63) is 81.7 Å². The average molecular weight is 576 g/mol. The van der Waals surface area contributed by atoms with E-state index in [-0.39, 0.29) is 19.6 Å². The highest BCUT2D eigenvalue weighted by Crippen LogP contribution is 2.29. The molecule has 1 aliphatic rings. The predicted molar refractivity (Wildman–Crippen MR) is 145 cm³/mol. The molecule has 0 amide bonds. The molecule has 6 N–H and O–H groups in total. The topological polar surface area (TPSA) is 200 Å². The second-order valence-corrected chi connectivity index (χ2v) is 7.26. The maximum Gasteiger partial charge on any atom is 0.333 e. The lowest BCUT2D eigenvalue weighted by atomic mass is 10.1. The van der Waals surface area contributed by atoms with Gasteiger partial charge in [-0.25, -0.2) is 4.79 Å². The number of hydrogen-bond donors (Lipinski definition) is 6. The highest BCUT2D eigenvalue weighted by atomic mass is 31.0. The summed E-state index contributed by atoms with van der Waals surface area (Å²) in [6, 6.07) is 8.47. The van der Waals surface area contributed by atoms with Gasteiger partial charge in [0.1, 0.15) is 12.2 Å². The van der Waals surface area contributed by atoms with Crippen LogP contribution in [0.2, 0.25) is 0 Å². The Bertz CT molecular complexity index is 1180. The fourth-order valence-corrected chi connectivity index (χ4v) is 3.65. The molecule has 0 spiro atoms. The van der Waals surface area contributed by atoms with E-state index in [0.717, 1.165) is 20.3 Å². The molecule has 4 rings (SSSR count). The molecule has 7 atom stereocenters. The molecule has 16 heteroatoms. The first-order chi connectivity index (χ1) is 18.0. The average Bonchev–Trinajstić information content (AvgIpc) is 3.23. The first-order valence-corrected chi connectivity index (χ1v) is 12.1. The lowest BCUT2D eigenvalue weighted by molar-refractivity contribution is -0.0458. The van der Waals surface area contributed by atoms with Crippen molar-refractivity contribution in [3.63, 3.8) is 0 Å². The van der Waals surface area contributed by atoms with Gasteiger partial charge in [-0.3, -0.25) is 23.9 Å². The van der Waals surface area contributed by atoms with Gasteiger partial charge in [0.15, 0.2) is 6.23 Å². The number of aromatic nitrogens is 4. The molecule has 0 radical (unpaired) electrons. The number of ether oxygens (including phenoxy) is 1. The summed E-state index contributed by atoms with van der Waals surface area (Å²) in [5, 5.41) is 29.5. The Hall–Kier alpha value is -2.01. The molecular formula is C21H31N4O9P3. The van der Waals surface area contributed by atoms with Crippen LogP contribution in [0.15, 0.2) is 64.7 Å². The Morgan fingerprint density at radius 2 is 1.51 bits per heavy atom. The third-order valence-corrected chi connectivity index (χ3v) is 5.27. The summed E-state index contributed by atoms with van der Waals surface area (Å²) in [5.74, 6) is 0. The Kier molecular flexibility index (Phi) is 15.6. The standard InChI is InChI=1S/C21H22N4O6.3H3OP/c26-10-5-16-18(28)19(29)20(31-16)24-9-4-17(27)25(21(24)30)12-15-11-14(3-8-23-15)13-1-6-22-7-2-13;3*1-2/h1-4,6-9,11,16,18-20,26,28-29H,5,10,12H2;3*1H,2H2. The highest BCUT2D eigenvalue weighted by Gasteiger charge is 2.43. The first-order valence-electron chi connectivity index (χ1n) is 10.6. The smallest absolute Gasteiger partial charge is 0.333 e.